The highest BCUT2D eigenvalue weighted by Gasteiger charge is 2.30. The van der Waals surface area contributed by atoms with Crippen LogP contribution in [0.4, 0.5) is 10.7 Å². The Hall–Kier alpha value is -3.23. The number of amides is 1. The summed E-state index contributed by atoms with van der Waals surface area (Å²) in [6.45, 7) is 2.10. The summed E-state index contributed by atoms with van der Waals surface area (Å²) >= 11 is 2.70. The lowest BCUT2D eigenvalue weighted by molar-refractivity contribution is 0.0603. The van der Waals surface area contributed by atoms with E-state index in [0.717, 1.165) is 57.6 Å². The highest BCUT2D eigenvalue weighted by molar-refractivity contribution is 7.21. The first-order valence-electron chi connectivity index (χ1n) is 10.8. The molecule has 1 aliphatic carbocycles. The van der Waals surface area contributed by atoms with E-state index in [-0.39, 0.29) is 5.91 Å². The predicted molar refractivity (Wildman–Crippen MR) is 134 cm³/mol. The smallest absolute Gasteiger partial charge is 0.341 e. The Morgan fingerprint density at radius 2 is 1.97 bits per heavy atom. The quantitative estimate of drug-likeness (QED) is 0.360. The van der Waals surface area contributed by atoms with Crippen molar-refractivity contribution in [3.05, 3.63) is 63.0 Å². The number of nitrogens with zero attached hydrogens (tertiary/aromatic N) is 1. The number of ether oxygens (including phenoxy) is 1. The van der Waals surface area contributed by atoms with Gasteiger partial charge in [0, 0.05) is 21.5 Å². The van der Waals surface area contributed by atoms with Crippen LogP contribution in [0.15, 0.2) is 36.4 Å². The van der Waals surface area contributed by atoms with Crippen LogP contribution in [-0.4, -0.2) is 24.0 Å². The maximum absolute atomic E-state index is 13.3. The van der Waals surface area contributed by atoms with Gasteiger partial charge in [0.1, 0.15) is 20.3 Å². The summed E-state index contributed by atoms with van der Waals surface area (Å²) in [5.74, 6) is -0.806. The molecule has 0 spiro atoms. The normalized spacial score (nSPS) is 12.3. The van der Waals surface area contributed by atoms with Gasteiger partial charge in [0.15, 0.2) is 0 Å². The Morgan fingerprint density at radius 3 is 2.76 bits per heavy atom. The summed E-state index contributed by atoms with van der Waals surface area (Å²) in [6, 6.07) is 11.9. The zero-order valence-corrected chi connectivity index (χ0v) is 20.0. The van der Waals surface area contributed by atoms with E-state index in [1.54, 1.807) is 0 Å². The maximum atomic E-state index is 13.3. The zero-order chi connectivity index (χ0) is 23.1. The monoisotopic (exact) mass is 477 g/mol. The minimum Gasteiger partial charge on any atom is -0.465 e. The van der Waals surface area contributed by atoms with E-state index < -0.39 is 5.97 Å². The topological polar surface area (TPSA) is 94.3 Å². The molecule has 0 bridgehead atoms. The molecule has 0 saturated heterocycles. The van der Waals surface area contributed by atoms with Crippen LogP contribution >= 0.6 is 22.7 Å². The zero-order valence-electron chi connectivity index (χ0n) is 18.4. The molecule has 4 aromatic rings. The van der Waals surface area contributed by atoms with Crippen LogP contribution in [0, 0.1) is 0 Å². The summed E-state index contributed by atoms with van der Waals surface area (Å²) in [4.78, 5) is 33.0. The number of nitrogens with one attached hydrogen (secondary N) is 1. The number of nitrogen functional groups attached to an aromatic ring is 1. The molecule has 6 nitrogen and oxygen atoms in total. The third-order valence-electron chi connectivity index (χ3n) is 5.87. The lowest BCUT2D eigenvalue weighted by Crippen LogP contribution is -2.14. The standard InChI is InChI=1S/C25H23N3O3S2/c1-3-6-14-10-11-16-20(26)21(33-23(16)27-14)22(29)28-24-19(25(30)31-2)18-15-8-5-4-7-13(15)9-12-17(18)32-24/h4-5,7-8,10-11H,3,6,9,12,26H2,1-2H3,(H,28,29). The van der Waals surface area contributed by atoms with Crippen molar-refractivity contribution in [1.29, 1.82) is 0 Å². The highest BCUT2D eigenvalue weighted by Crippen LogP contribution is 2.46. The van der Waals surface area contributed by atoms with Crippen molar-refractivity contribution in [2.75, 3.05) is 18.2 Å². The molecule has 3 aromatic heterocycles. The van der Waals surface area contributed by atoms with Gasteiger partial charge in [-0.3, -0.25) is 4.79 Å². The molecule has 168 valence electrons. The number of rotatable bonds is 5. The Balaban J connectivity index is 1.55. The summed E-state index contributed by atoms with van der Waals surface area (Å²) in [5.41, 5.74) is 11.2. The molecule has 0 radical (unpaired) electrons. The van der Waals surface area contributed by atoms with Gasteiger partial charge in [0.25, 0.3) is 5.91 Å². The number of carbonyl (C=O) groups excluding carboxylic acids is 2. The number of aromatic nitrogens is 1. The van der Waals surface area contributed by atoms with Crippen LogP contribution in [0.3, 0.4) is 0 Å². The third kappa shape index (κ3) is 3.69. The molecule has 8 heteroatoms. The van der Waals surface area contributed by atoms with E-state index in [1.807, 2.05) is 30.3 Å². The molecule has 1 aromatic carbocycles. The van der Waals surface area contributed by atoms with Crippen molar-refractivity contribution >= 4 is 55.5 Å². The van der Waals surface area contributed by atoms with Crippen molar-refractivity contribution in [2.24, 2.45) is 0 Å². The second kappa shape index (κ2) is 8.61. The number of methoxy groups -OCH3 is 1. The molecule has 5 rings (SSSR count). The molecule has 1 amide bonds. The summed E-state index contributed by atoms with van der Waals surface area (Å²) in [6.07, 6.45) is 3.58. The van der Waals surface area contributed by atoms with Gasteiger partial charge in [0.2, 0.25) is 0 Å². The largest absolute Gasteiger partial charge is 0.465 e. The van der Waals surface area contributed by atoms with E-state index >= 15 is 0 Å². The number of fused-ring (bicyclic) bond motifs is 4. The Morgan fingerprint density at radius 1 is 1.15 bits per heavy atom. The third-order valence-corrected chi connectivity index (χ3v) is 8.15. The molecular formula is C25H23N3O3S2. The molecule has 0 aliphatic heterocycles. The molecular weight excluding hydrogens is 454 g/mol. The van der Waals surface area contributed by atoms with Crippen LogP contribution in [0.1, 0.15) is 49.5 Å². The second-order valence-electron chi connectivity index (χ2n) is 7.96. The number of esters is 1. The molecule has 0 fully saturated rings. The average molecular weight is 478 g/mol. The van der Waals surface area contributed by atoms with Gasteiger partial charge in [0.05, 0.1) is 12.8 Å². The molecule has 33 heavy (non-hydrogen) atoms. The summed E-state index contributed by atoms with van der Waals surface area (Å²) in [5, 5.41) is 4.22. The molecule has 0 atom stereocenters. The van der Waals surface area contributed by atoms with Crippen LogP contribution in [0.5, 0.6) is 0 Å². The van der Waals surface area contributed by atoms with Crippen LogP contribution in [0.2, 0.25) is 0 Å². The van der Waals surface area contributed by atoms with Crippen molar-refractivity contribution in [3.63, 3.8) is 0 Å². The first-order valence-corrected chi connectivity index (χ1v) is 12.5. The predicted octanol–water partition coefficient (Wildman–Crippen LogP) is 5.70. The second-order valence-corrected chi connectivity index (χ2v) is 10.1. The fourth-order valence-corrected chi connectivity index (χ4v) is 6.52. The molecule has 3 heterocycles. The average Bonchev–Trinajstić information content (AvgIpc) is 3.36. The van der Waals surface area contributed by atoms with Crippen LogP contribution < -0.4 is 11.1 Å². The van der Waals surface area contributed by atoms with Gasteiger partial charge in [-0.1, -0.05) is 37.6 Å². The number of hydrogen-bond acceptors (Lipinski definition) is 7. The number of aryl methyl sites for hydroxylation is 3. The highest BCUT2D eigenvalue weighted by atomic mass is 32.1. The van der Waals surface area contributed by atoms with Gasteiger partial charge in [-0.2, -0.15) is 0 Å². The number of nitrogens with two attached hydrogens (primary N) is 1. The lowest BCUT2D eigenvalue weighted by atomic mass is 9.88. The van der Waals surface area contributed by atoms with Gasteiger partial charge >= 0.3 is 5.97 Å². The van der Waals surface area contributed by atoms with E-state index in [0.29, 0.717) is 21.1 Å². The van der Waals surface area contributed by atoms with Crippen LogP contribution in [-0.2, 0) is 24.0 Å². The van der Waals surface area contributed by atoms with E-state index in [9.17, 15) is 9.59 Å². The van der Waals surface area contributed by atoms with Gasteiger partial charge in [-0.05, 0) is 42.5 Å². The van der Waals surface area contributed by atoms with Gasteiger partial charge in [-0.25, -0.2) is 9.78 Å². The van der Waals surface area contributed by atoms with Crippen molar-refractivity contribution < 1.29 is 14.3 Å². The number of benzene rings is 1. The number of anilines is 2. The van der Waals surface area contributed by atoms with Gasteiger partial charge in [-0.15, -0.1) is 22.7 Å². The number of thiophene rings is 2. The molecule has 3 N–H and O–H groups in total. The first kappa shape index (κ1) is 21.6. The summed E-state index contributed by atoms with van der Waals surface area (Å²) < 4.78 is 5.10. The Kier molecular flexibility index (Phi) is 5.64. The van der Waals surface area contributed by atoms with Crippen molar-refractivity contribution in [3.8, 4) is 11.1 Å². The van der Waals surface area contributed by atoms with E-state index in [1.165, 1.54) is 35.3 Å². The number of carbonyl (C=O) groups is 2. The Labute approximate surface area is 199 Å². The molecule has 0 saturated carbocycles. The number of hydrogen-bond donors (Lipinski definition) is 2. The SMILES string of the molecule is CCCc1ccc2c(N)c(C(=O)Nc3sc4c(c3C(=O)OC)-c3ccccc3CC4)sc2n1. The minimum atomic E-state index is -0.463. The number of pyridine rings is 1. The summed E-state index contributed by atoms with van der Waals surface area (Å²) in [7, 11) is 1.36. The fraction of sp³-hybridized carbons (Fsp3) is 0.240. The van der Waals surface area contributed by atoms with E-state index in [4.69, 9.17) is 10.5 Å². The maximum Gasteiger partial charge on any atom is 0.341 e. The minimum absolute atomic E-state index is 0.343. The molecule has 0 unspecified atom stereocenters. The first-order chi connectivity index (χ1) is 16.0. The van der Waals surface area contributed by atoms with Gasteiger partial charge < -0.3 is 15.8 Å². The fourth-order valence-electron chi connectivity index (χ4n) is 4.31. The Bertz CT molecular complexity index is 1400. The lowest BCUT2D eigenvalue weighted by Gasteiger charge is -2.17. The van der Waals surface area contributed by atoms with E-state index in [2.05, 4.69) is 23.3 Å². The van der Waals surface area contributed by atoms with Crippen LogP contribution in [0.25, 0.3) is 21.3 Å². The van der Waals surface area contributed by atoms with Crippen molar-refractivity contribution in [2.45, 2.75) is 32.6 Å². The molecule has 1 aliphatic rings. The van der Waals surface area contributed by atoms with Crippen molar-refractivity contribution in [1.82, 2.24) is 4.98 Å².